The van der Waals surface area contributed by atoms with Gasteiger partial charge in [0.2, 0.25) is 5.91 Å². The molecular formula is C15H17BrN2OS. The number of carbonyl (C=O) groups is 1. The Labute approximate surface area is 131 Å². The highest BCUT2D eigenvalue weighted by Gasteiger charge is 2.14. The van der Waals surface area contributed by atoms with Crippen LogP contribution in [-0.2, 0) is 11.2 Å². The van der Waals surface area contributed by atoms with Crippen LogP contribution in [0.1, 0.15) is 25.8 Å². The predicted molar refractivity (Wildman–Crippen MR) is 88.6 cm³/mol. The zero-order chi connectivity index (χ0) is 14.5. The smallest absolute Gasteiger partial charge is 0.239 e. The summed E-state index contributed by atoms with van der Waals surface area (Å²) in [7, 11) is 0. The van der Waals surface area contributed by atoms with Gasteiger partial charge in [-0.25, -0.2) is 4.98 Å². The monoisotopic (exact) mass is 352 g/mol. The Morgan fingerprint density at radius 1 is 1.35 bits per heavy atom. The molecule has 2 aromatic rings. The van der Waals surface area contributed by atoms with Gasteiger partial charge in [-0.2, -0.15) is 0 Å². The topological polar surface area (TPSA) is 42.0 Å². The van der Waals surface area contributed by atoms with E-state index in [1.165, 1.54) is 16.9 Å². The maximum atomic E-state index is 11.8. The fourth-order valence-electron chi connectivity index (χ4n) is 1.74. The molecule has 1 aromatic heterocycles. The minimum Gasteiger partial charge on any atom is -0.301 e. The lowest BCUT2D eigenvalue weighted by Gasteiger charge is -2.05. The third kappa shape index (κ3) is 3.67. The highest BCUT2D eigenvalue weighted by Crippen LogP contribution is 2.25. The van der Waals surface area contributed by atoms with Gasteiger partial charge in [0.05, 0.1) is 10.5 Å². The lowest BCUT2D eigenvalue weighted by Crippen LogP contribution is -2.21. The summed E-state index contributed by atoms with van der Waals surface area (Å²) in [5.41, 5.74) is 3.28. The van der Waals surface area contributed by atoms with Gasteiger partial charge in [-0.15, -0.1) is 11.3 Å². The number of aromatic nitrogens is 1. The van der Waals surface area contributed by atoms with Crippen molar-refractivity contribution in [2.24, 2.45) is 0 Å². The van der Waals surface area contributed by atoms with Gasteiger partial charge < -0.3 is 5.32 Å². The quantitative estimate of drug-likeness (QED) is 0.805. The summed E-state index contributed by atoms with van der Waals surface area (Å²) in [6, 6.07) is 8.36. The second-order valence-corrected chi connectivity index (χ2v) is 6.42. The molecule has 0 bridgehead atoms. The third-order valence-electron chi connectivity index (χ3n) is 3.04. The third-order valence-corrected chi connectivity index (χ3v) is 4.86. The van der Waals surface area contributed by atoms with Gasteiger partial charge in [0, 0.05) is 10.9 Å². The molecule has 0 aliphatic rings. The average molecular weight is 353 g/mol. The molecule has 1 N–H and O–H groups in total. The molecular weight excluding hydrogens is 336 g/mol. The van der Waals surface area contributed by atoms with Gasteiger partial charge >= 0.3 is 0 Å². The summed E-state index contributed by atoms with van der Waals surface area (Å²) >= 11 is 4.78. The number of halogens is 1. The van der Waals surface area contributed by atoms with Crippen molar-refractivity contribution >= 4 is 38.3 Å². The van der Waals surface area contributed by atoms with E-state index in [0.29, 0.717) is 5.13 Å². The molecule has 0 aliphatic heterocycles. The molecule has 5 heteroatoms. The van der Waals surface area contributed by atoms with Crippen LogP contribution < -0.4 is 5.32 Å². The largest absolute Gasteiger partial charge is 0.301 e. The summed E-state index contributed by atoms with van der Waals surface area (Å²) in [5, 5.41) is 5.43. The number of carbonyl (C=O) groups excluding carboxylic acids is 1. The Bertz CT molecular complexity index is 580. The van der Waals surface area contributed by atoms with Gasteiger partial charge in [0.15, 0.2) is 5.13 Å². The van der Waals surface area contributed by atoms with E-state index >= 15 is 0 Å². The van der Waals surface area contributed by atoms with Crippen LogP contribution >= 0.6 is 27.3 Å². The Morgan fingerprint density at radius 2 is 2.05 bits per heavy atom. The number of aryl methyl sites for hydroxylation is 1. The first-order valence-corrected chi connectivity index (χ1v) is 8.43. The normalized spacial score (nSPS) is 12.2. The number of anilines is 1. The molecule has 0 fully saturated rings. The molecule has 1 unspecified atom stereocenters. The second-order valence-electron chi connectivity index (χ2n) is 4.45. The van der Waals surface area contributed by atoms with Crippen LogP contribution in [0.3, 0.4) is 0 Å². The van der Waals surface area contributed by atoms with Crippen LogP contribution in [0.2, 0.25) is 0 Å². The standard InChI is InChI=1S/C15H17BrN2OS/c1-3-10-5-7-11(8-6-10)13-9-20-15(17-13)18-14(19)12(16)4-2/h5-9,12H,3-4H2,1-2H3,(H,17,18,19). The summed E-state index contributed by atoms with van der Waals surface area (Å²) in [5.74, 6) is -0.0465. The fraction of sp³-hybridized carbons (Fsp3) is 0.333. The Hall–Kier alpha value is -1.20. The summed E-state index contributed by atoms with van der Waals surface area (Å²) in [4.78, 5) is 16.1. The number of nitrogens with zero attached hydrogens (tertiary/aromatic N) is 1. The van der Waals surface area contributed by atoms with Crippen molar-refractivity contribution in [2.45, 2.75) is 31.5 Å². The SMILES string of the molecule is CCc1ccc(-c2csc(NC(=O)C(Br)CC)n2)cc1. The minimum atomic E-state index is -0.168. The zero-order valence-electron chi connectivity index (χ0n) is 11.5. The zero-order valence-corrected chi connectivity index (χ0v) is 13.9. The molecule has 1 amide bonds. The van der Waals surface area contributed by atoms with Gasteiger partial charge in [0.25, 0.3) is 0 Å². The second kappa shape index (κ2) is 6.99. The molecule has 0 aliphatic carbocycles. The first kappa shape index (κ1) is 15.2. The van der Waals surface area contributed by atoms with Crippen molar-refractivity contribution in [1.29, 1.82) is 0 Å². The lowest BCUT2D eigenvalue weighted by molar-refractivity contribution is -0.115. The van der Waals surface area contributed by atoms with Crippen molar-refractivity contribution < 1.29 is 4.79 Å². The molecule has 3 nitrogen and oxygen atoms in total. The van der Waals surface area contributed by atoms with Crippen LogP contribution in [0.25, 0.3) is 11.3 Å². The van der Waals surface area contributed by atoms with E-state index in [0.717, 1.165) is 24.1 Å². The van der Waals surface area contributed by atoms with Crippen LogP contribution in [0, 0.1) is 0 Å². The number of rotatable bonds is 5. The molecule has 106 valence electrons. The van der Waals surface area contributed by atoms with E-state index in [2.05, 4.69) is 57.4 Å². The van der Waals surface area contributed by atoms with E-state index < -0.39 is 0 Å². The van der Waals surface area contributed by atoms with Gasteiger partial charge in [-0.05, 0) is 18.4 Å². The lowest BCUT2D eigenvalue weighted by atomic mass is 10.1. The van der Waals surface area contributed by atoms with Crippen molar-refractivity contribution in [3.63, 3.8) is 0 Å². The van der Waals surface area contributed by atoms with Crippen LogP contribution in [0.15, 0.2) is 29.6 Å². The Morgan fingerprint density at radius 3 is 2.65 bits per heavy atom. The molecule has 0 saturated carbocycles. The highest BCUT2D eigenvalue weighted by molar-refractivity contribution is 9.10. The highest BCUT2D eigenvalue weighted by atomic mass is 79.9. The Kier molecular flexibility index (Phi) is 5.31. The van der Waals surface area contributed by atoms with Crippen molar-refractivity contribution in [3.05, 3.63) is 35.2 Å². The van der Waals surface area contributed by atoms with Gasteiger partial charge in [-0.1, -0.05) is 54.0 Å². The van der Waals surface area contributed by atoms with Crippen molar-refractivity contribution in [1.82, 2.24) is 4.98 Å². The van der Waals surface area contributed by atoms with E-state index in [1.54, 1.807) is 0 Å². The van der Waals surface area contributed by atoms with Crippen molar-refractivity contribution in [2.75, 3.05) is 5.32 Å². The van der Waals surface area contributed by atoms with Crippen molar-refractivity contribution in [3.8, 4) is 11.3 Å². The number of hydrogen-bond donors (Lipinski definition) is 1. The number of thiazole rings is 1. The molecule has 1 aromatic carbocycles. The molecule has 0 spiro atoms. The van der Waals surface area contributed by atoms with E-state index in [-0.39, 0.29) is 10.7 Å². The molecule has 1 heterocycles. The maximum Gasteiger partial charge on any atom is 0.239 e. The average Bonchev–Trinajstić information content (AvgIpc) is 2.94. The van der Waals surface area contributed by atoms with E-state index in [9.17, 15) is 4.79 Å². The predicted octanol–water partition coefficient (Wildman–Crippen LogP) is 4.48. The number of hydrogen-bond acceptors (Lipinski definition) is 3. The van der Waals surface area contributed by atoms with E-state index in [4.69, 9.17) is 0 Å². The molecule has 20 heavy (non-hydrogen) atoms. The van der Waals surface area contributed by atoms with Crippen LogP contribution in [0.4, 0.5) is 5.13 Å². The van der Waals surface area contributed by atoms with Gasteiger partial charge in [-0.3, -0.25) is 4.79 Å². The first-order valence-electron chi connectivity index (χ1n) is 6.63. The summed E-state index contributed by atoms with van der Waals surface area (Å²) in [6.07, 6.45) is 1.78. The van der Waals surface area contributed by atoms with Crippen LogP contribution in [0.5, 0.6) is 0 Å². The number of amides is 1. The van der Waals surface area contributed by atoms with Gasteiger partial charge in [0.1, 0.15) is 0 Å². The molecule has 1 atom stereocenters. The first-order chi connectivity index (χ1) is 9.63. The number of nitrogens with one attached hydrogen (secondary N) is 1. The summed E-state index contributed by atoms with van der Waals surface area (Å²) in [6.45, 7) is 4.09. The number of alkyl halides is 1. The van der Waals surface area contributed by atoms with Crippen LogP contribution in [-0.4, -0.2) is 15.7 Å². The molecule has 0 radical (unpaired) electrons. The maximum absolute atomic E-state index is 11.8. The fourth-order valence-corrected chi connectivity index (χ4v) is 2.58. The Balaban J connectivity index is 2.10. The summed E-state index contributed by atoms with van der Waals surface area (Å²) < 4.78 is 0. The van der Waals surface area contributed by atoms with E-state index in [1.807, 2.05) is 12.3 Å². The molecule has 2 rings (SSSR count). The number of benzene rings is 1. The minimum absolute atomic E-state index is 0.0465. The molecule has 0 saturated heterocycles.